The van der Waals surface area contributed by atoms with Crippen molar-refractivity contribution in [2.24, 2.45) is 5.92 Å². The number of nitrogens with zero attached hydrogens (tertiary/aromatic N) is 2. The molecule has 1 aromatic carbocycles. The number of aromatic nitrogens is 2. The Balaban J connectivity index is 0.00000544. The summed E-state index contributed by atoms with van der Waals surface area (Å²) in [6.45, 7) is 16.1. The molecule has 0 aliphatic heterocycles. The Hall–Kier alpha value is -1.89. The van der Waals surface area contributed by atoms with Gasteiger partial charge >= 0.3 is 0 Å². The van der Waals surface area contributed by atoms with Crippen LogP contribution in [0.5, 0.6) is 5.75 Å². The molecule has 1 atom stereocenters. The topological polar surface area (TPSA) is 71.0 Å². The van der Waals surface area contributed by atoms with Gasteiger partial charge in [0.15, 0.2) is 5.78 Å². The molecule has 33 heavy (non-hydrogen) atoms. The Morgan fingerprint density at radius 2 is 1.45 bits per heavy atom. The molecular formula is C26H41BrFN3O2. The van der Waals surface area contributed by atoms with Crippen LogP contribution in [0.1, 0.15) is 89.7 Å². The highest BCUT2D eigenvalue weighted by atomic mass is 79.9. The van der Waals surface area contributed by atoms with Crippen molar-refractivity contribution in [3.05, 3.63) is 46.8 Å². The van der Waals surface area contributed by atoms with E-state index in [4.69, 9.17) is 5.41 Å². The minimum absolute atomic E-state index is 0. The highest BCUT2D eigenvalue weighted by Gasteiger charge is 2.28. The number of Topliss-reactive ketones (excluding diaryl/α,β-unsaturated/α-hetero) is 1. The molecule has 0 spiro atoms. The molecule has 2 N–H and O–H groups in total. The fourth-order valence-corrected chi connectivity index (χ4v) is 4.06. The Bertz CT molecular complexity index is 973. The highest BCUT2D eigenvalue weighted by molar-refractivity contribution is 8.93. The molecule has 0 aliphatic carbocycles. The zero-order chi connectivity index (χ0) is 24.4. The third-order valence-corrected chi connectivity index (χ3v) is 6.26. The number of benzene rings is 1. The van der Waals surface area contributed by atoms with Crippen molar-refractivity contribution in [1.82, 2.24) is 9.13 Å². The second kappa shape index (κ2) is 11.0. The maximum atomic E-state index is 14.6. The molecule has 0 saturated carbocycles. The molecule has 0 aliphatic rings. The summed E-state index contributed by atoms with van der Waals surface area (Å²) in [5, 5.41) is 19.3. The number of alkyl halides is 1. The standard InChI is InChI=1S/C26H40FN3O2.BrH/c1-9-17(10-2)21(27)15-29-11-12-30(24(29)28)16-22(31)18-13-19(25(3,4)5)23(32)20(14-18)26(6,7)8;/h11-14,17,21,28,32H,9-10,15-16H2,1-8H3;1H. The average Bonchev–Trinajstić information content (AvgIpc) is 3.00. The molecule has 2 aromatic rings. The zero-order valence-electron chi connectivity index (χ0n) is 21.3. The lowest BCUT2D eigenvalue weighted by atomic mass is 9.78. The number of halogens is 2. The molecule has 1 aromatic heterocycles. The quantitative estimate of drug-likeness (QED) is 0.396. The van der Waals surface area contributed by atoms with E-state index >= 15 is 0 Å². The molecule has 0 saturated heterocycles. The summed E-state index contributed by atoms with van der Waals surface area (Å²) in [7, 11) is 0. The fraction of sp³-hybridized carbons (Fsp3) is 0.615. The van der Waals surface area contributed by atoms with Crippen LogP contribution in [0.25, 0.3) is 0 Å². The predicted octanol–water partition coefficient (Wildman–Crippen LogP) is 6.30. The van der Waals surface area contributed by atoms with E-state index in [0.29, 0.717) is 5.56 Å². The summed E-state index contributed by atoms with van der Waals surface area (Å²) in [6.07, 6.45) is 3.83. The summed E-state index contributed by atoms with van der Waals surface area (Å²) in [5.74, 6) is 0.0569. The van der Waals surface area contributed by atoms with Gasteiger partial charge in [-0.2, -0.15) is 0 Å². The number of phenols is 1. The summed E-state index contributed by atoms with van der Waals surface area (Å²) in [6, 6.07) is 3.53. The molecule has 2 rings (SSSR count). The minimum Gasteiger partial charge on any atom is -0.507 e. The molecule has 1 heterocycles. The third-order valence-electron chi connectivity index (χ3n) is 6.26. The van der Waals surface area contributed by atoms with Gasteiger partial charge in [0.05, 0.1) is 13.1 Å². The Morgan fingerprint density at radius 3 is 1.88 bits per heavy atom. The lowest BCUT2D eigenvalue weighted by molar-refractivity contribution is 0.0969. The Kier molecular flexibility index (Phi) is 9.73. The lowest BCUT2D eigenvalue weighted by Gasteiger charge is -2.28. The maximum absolute atomic E-state index is 14.6. The van der Waals surface area contributed by atoms with Gasteiger partial charge < -0.3 is 14.2 Å². The molecule has 0 amide bonds. The van der Waals surface area contributed by atoms with Crippen molar-refractivity contribution in [3.63, 3.8) is 0 Å². The van der Waals surface area contributed by atoms with Crippen LogP contribution in [0, 0.1) is 11.3 Å². The van der Waals surface area contributed by atoms with Gasteiger partial charge in [-0.25, -0.2) is 4.39 Å². The number of carbonyl (C=O) groups is 1. The molecule has 186 valence electrons. The van der Waals surface area contributed by atoms with E-state index in [9.17, 15) is 14.3 Å². The maximum Gasteiger partial charge on any atom is 0.202 e. The van der Waals surface area contributed by atoms with E-state index in [1.54, 1.807) is 33.7 Å². The van der Waals surface area contributed by atoms with Crippen molar-refractivity contribution < 1.29 is 14.3 Å². The van der Waals surface area contributed by atoms with E-state index in [1.165, 1.54) is 0 Å². The van der Waals surface area contributed by atoms with Gasteiger partial charge in [-0.15, -0.1) is 17.0 Å². The predicted molar refractivity (Wildman–Crippen MR) is 137 cm³/mol. The molecule has 1 unspecified atom stereocenters. The minimum atomic E-state index is -1.02. The number of rotatable bonds is 8. The van der Waals surface area contributed by atoms with Gasteiger partial charge in [0, 0.05) is 29.1 Å². The number of imidazole rings is 1. The van der Waals surface area contributed by atoms with Gasteiger partial charge in [-0.1, -0.05) is 68.2 Å². The Morgan fingerprint density at radius 1 is 1.00 bits per heavy atom. The Labute approximate surface area is 208 Å². The fourth-order valence-electron chi connectivity index (χ4n) is 4.06. The van der Waals surface area contributed by atoms with Crippen LogP contribution in [0.4, 0.5) is 4.39 Å². The van der Waals surface area contributed by atoms with E-state index in [-0.39, 0.29) is 64.0 Å². The average molecular weight is 527 g/mol. The number of aromatic hydroxyl groups is 1. The first kappa shape index (κ1) is 29.1. The number of carbonyl (C=O) groups excluding carboxylic acids is 1. The molecule has 0 fully saturated rings. The highest BCUT2D eigenvalue weighted by Crippen LogP contribution is 2.39. The molecule has 7 heteroatoms. The van der Waals surface area contributed by atoms with E-state index in [2.05, 4.69) is 0 Å². The van der Waals surface area contributed by atoms with Crippen molar-refractivity contribution >= 4 is 22.8 Å². The summed E-state index contributed by atoms with van der Waals surface area (Å²) >= 11 is 0. The molecule has 0 radical (unpaired) electrons. The van der Waals surface area contributed by atoms with Gasteiger partial charge in [-0.3, -0.25) is 10.2 Å². The lowest BCUT2D eigenvalue weighted by Crippen LogP contribution is -2.31. The van der Waals surface area contributed by atoms with Gasteiger partial charge in [0.1, 0.15) is 11.9 Å². The van der Waals surface area contributed by atoms with Crippen LogP contribution in [0.15, 0.2) is 24.5 Å². The van der Waals surface area contributed by atoms with Crippen molar-refractivity contribution in [1.29, 1.82) is 5.41 Å². The number of hydrogen-bond acceptors (Lipinski definition) is 3. The summed E-state index contributed by atoms with van der Waals surface area (Å²) in [4.78, 5) is 13.2. The van der Waals surface area contributed by atoms with Crippen LogP contribution in [-0.2, 0) is 23.9 Å². The van der Waals surface area contributed by atoms with Gasteiger partial charge in [0.25, 0.3) is 0 Å². The number of ketones is 1. The second-order valence-corrected chi connectivity index (χ2v) is 10.8. The smallest absolute Gasteiger partial charge is 0.202 e. The first-order chi connectivity index (χ1) is 14.7. The summed E-state index contributed by atoms with van der Waals surface area (Å²) in [5.41, 5.74) is 1.42. The van der Waals surface area contributed by atoms with Crippen LogP contribution < -0.4 is 5.62 Å². The monoisotopic (exact) mass is 525 g/mol. The van der Waals surface area contributed by atoms with E-state index in [1.807, 2.05) is 55.4 Å². The van der Waals surface area contributed by atoms with Crippen LogP contribution in [0.2, 0.25) is 0 Å². The van der Waals surface area contributed by atoms with Crippen LogP contribution >= 0.6 is 17.0 Å². The number of hydrogen-bond donors (Lipinski definition) is 2. The number of nitrogens with one attached hydrogen (secondary N) is 1. The first-order valence-corrected chi connectivity index (χ1v) is 11.6. The summed E-state index contributed by atoms with van der Waals surface area (Å²) < 4.78 is 17.7. The third kappa shape index (κ3) is 6.81. The van der Waals surface area contributed by atoms with Crippen LogP contribution in [-0.4, -0.2) is 26.2 Å². The molecule has 5 nitrogen and oxygen atoms in total. The van der Waals surface area contributed by atoms with Gasteiger partial charge in [-0.05, 0) is 28.9 Å². The van der Waals surface area contributed by atoms with E-state index < -0.39 is 6.17 Å². The molecular weight excluding hydrogens is 485 g/mol. The SMILES string of the molecule is Br.CCC(CC)C(F)Cn1ccn(CC(=O)c2cc(C(C)(C)C)c(O)c(C(C)(C)C)c2)c1=N. The largest absolute Gasteiger partial charge is 0.507 e. The molecule has 0 bridgehead atoms. The van der Waals surface area contributed by atoms with Gasteiger partial charge in [0.2, 0.25) is 5.62 Å². The van der Waals surface area contributed by atoms with E-state index in [0.717, 1.165) is 24.0 Å². The number of phenolic OH excluding ortho intramolecular Hbond substituents is 1. The zero-order valence-corrected chi connectivity index (χ0v) is 23.0. The van der Waals surface area contributed by atoms with Crippen molar-refractivity contribution in [2.75, 3.05) is 0 Å². The van der Waals surface area contributed by atoms with Crippen molar-refractivity contribution in [3.8, 4) is 5.75 Å². The normalized spacial score (nSPS) is 13.2. The first-order valence-electron chi connectivity index (χ1n) is 11.6. The van der Waals surface area contributed by atoms with Crippen molar-refractivity contribution in [2.45, 2.75) is 98.3 Å². The van der Waals surface area contributed by atoms with Crippen LogP contribution in [0.3, 0.4) is 0 Å². The second-order valence-electron chi connectivity index (χ2n) is 10.8.